The molecule has 6 nitrogen and oxygen atoms in total. The van der Waals surface area contributed by atoms with Crippen LogP contribution >= 0.6 is 34.5 Å². The van der Waals surface area contributed by atoms with Crippen LogP contribution in [0.2, 0.25) is 10.0 Å². The Balaban J connectivity index is 1.57. The van der Waals surface area contributed by atoms with E-state index in [4.69, 9.17) is 23.2 Å². The van der Waals surface area contributed by atoms with E-state index in [1.54, 1.807) is 25.2 Å². The molecule has 4 rings (SSSR count). The van der Waals surface area contributed by atoms with E-state index in [0.29, 0.717) is 38.1 Å². The van der Waals surface area contributed by atoms with Crippen molar-refractivity contribution in [3.63, 3.8) is 0 Å². The van der Waals surface area contributed by atoms with E-state index in [0.717, 1.165) is 22.5 Å². The lowest BCUT2D eigenvalue weighted by Crippen LogP contribution is -2.38. The van der Waals surface area contributed by atoms with Gasteiger partial charge < -0.3 is 5.32 Å². The van der Waals surface area contributed by atoms with Gasteiger partial charge in [-0.25, -0.2) is 4.79 Å². The smallest absolute Gasteiger partial charge is 0.332 e. The lowest BCUT2D eigenvalue weighted by molar-refractivity contribution is 0.0958. The number of fused-ring (bicyclic) bond motifs is 1. The molecule has 1 amide bonds. The van der Waals surface area contributed by atoms with Crippen molar-refractivity contribution in [3.05, 3.63) is 101 Å². The predicted octanol–water partition coefficient (Wildman–Crippen LogP) is 4.09. The van der Waals surface area contributed by atoms with Crippen molar-refractivity contribution in [1.82, 2.24) is 14.5 Å². The van der Waals surface area contributed by atoms with Crippen LogP contribution in [0, 0.1) is 0 Å². The van der Waals surface area contributed by atoms with Gasteiger partial charge in [0, 0.05) is 23.6 Å². The molecular weight excluding hydrogens is 469 g/mol. The monoisotopic (exact) mass is 487 g/mol. The maximum Gasteiger partial charge on any atom is 0.332 e. The largest absolute Gasteiger partial charge is 0.351 e. The summed E-state index contributed by atoms with van der Waals surface area (Å²) in [6.45, 7) is 0.535. The van der Waals surface area contributed by atoms with Crippen molar-refractivity contribution < 1.29 is 4.79 Å². The maximum atomic E-state index is 13.0. The molecule has 32 heavy (non-hydrogen) atoms. The van der Waals surface area contributed by atoms with Crippen LogP contribution in [-0.2, 0) is 20.0 Å². The van der Waals surface area contributed by atoms with Gasteiger partial charge in [-0.2, -0.15) is 0 Å². The van der Waals surface area contributed by atoms with Crippen molar-refractivity contribution in [2.45, 2.75) is 13.0 Å². The zero-order chi connectivity index (χ0) is 22.8. The summed E-state index contributed by atoms with van der Waals surface area (Å²) in [5.74, 6) is -0.308. The molecule has 0 atom stereocenters. The molecule has 0 unspecified atom stereocenters. The second kappa shape index (κ2) is 9.32. The Labute approximate surface area is 197 Å². The van der Waals surface area contributed by atoms with Crippen LogP contribution < -0.4 is 16.6 Å². The molecule has 1 N–H and O–H groups in total. The Morgan fingerprint density at radius 3 is 2.53 bits per heavy atom. The molecule has 0 aliphatic rings. The number of hydrogen-bond acceptors (Lipinski definition) is 4. The van der Waals surface area contributed by atoms with E-state index in [9.17, 15) is 14.4 Å². The zero-order valence-electron chi connectivity index (χ0n) is 17.1. The fourth-order valence-electron chi connectivity index (χ4n) is 3.42. The lowest BCUT2D eigenvalue weighted by Gasteiger charge is -2.08. The normalized spacial score (nSPS) is 11.1. The molecule has 2 aromatic heterocycles. The van der Waals surface area contributed by atoms with Crippen LogP contribution in [0.5, 0.6) is 0 Å². The molecule has 0 aliphatic carbocycles. The van der Waals surface area contributed by atoms with Crippen LogP contribution in [0.25, 0.3) is 10.2 Å². The van der Waals surface area contributed by atoms with Crippen LogP contribution in [0.3, 0.4) is 0 Å². The van der Waals surface area contributed by atoms with Crippen molar-refractivity contribution in [1.29, 1.82) is 0 Å². The summed E-state index contributed by atoms with van der Waals surface area (Å²) in [5.41, 5.74) is 0.895. The standard InChI is InChI=1S/C23H19Cl2N3O3S/c1-27-22-17(21(30)28(23(27)31)13-14-5-3-2-4-6-14)12-19(32-22)20(29)26-10-9-15-7-8-16(24)11-18(15)25/h2-8,11-12H,9-10,13H2,1H3,(H,26,29). The summed E-state index contributed by atoms with van der Waals surface area (Å²) >= 11 is 13.2. The van der Waals surface area contributed by atoms with E-state index < -0.39 is 11.2 Å². The second-order valence-corrected chi connectivity index (χ2v) is 9.16. The van der Waals surface area contributed by atoms with Gasteiger partial charge >= 0.3 is 5.69 Å². The third-order valence-corrected chi connectivity index (χ3v) is 6.91. The molecule has 2 aromatic carbocycles. The van der Waals surface area contributed by atoms with E-state index in [-0.39, 0.29) is 12.5 Å². The first kappa shape index (κ1) is 22.3. The SMILES string of the molecule is Cn1c(=O)n(Cc2ccccc2)c(=O)c2cc(C(=O)NCCc3ccc(Cl)cc3Cl)sc21. The fourth-order valence-corrected chi connectivity index (χ4v) is 4.95. The van der Waals surface area contributed by atoms with Crippen LogP contribution in [0.4, 0.5) is 0 Å². The lowest BCUT2D eigenvalue weighted by atomic mass is 10.1. The molecule has 164 valence electrons. The fraction of sp³-hybridized carbons (Fsp3) is 0.174. The first-order valence-electron chi connectivity index (χ1n) is 9.84. The Hall–Kier alpha value is -2.87. The molecule has 2 heterocycles. The summed E-state index contributed by atoms with van der Waals surface area (Å²) in [7, 11) is 1.60. The molecule has 0 bridgehead atoms. The molecule has 0 radical (unpaired) electrons. The first-order valence-corrected chi connectivity index (χ1v) is 11.4. The number of aryl methyl sites for hydroxylation is 1. The van der Waals surface area contributed by atoms with Gasteiger partial charge in [0.1, 0.15) is 4.83 Å². The van der Waals surface area contributed by atoms with Gasteiger partial charge in [-0.3, -0.25) is 18.7 Å². The number of rotatable bonds is 6. The summed E-state index contributed by atoms with van der Waals surface area (Å²) in [6, 6.07) is 16.1. The summed E-state index contributed by atoms with van der Waals surface area (Å²) < 4.78 is 2.60. The van der Waals surface area contributed by atoms with Gasteiger partial charge in [0.2, 0.25) is 0 Å². The van der Waals surface area contributed by atoms with Gasteiger partial charge in [-0.1, -0.05) is 59.6 Å². The molecule has 0 saturated carbocycles. The molecule has 0 fully saturated rings. The van der Waals surface area contributed by atoms with Gasteiger partial charge in [-0.05, 0) is 35.7 Å². The molecular formula is C23H19Cl2N3O3S. The van der Waals surface area contributed by atoms with Crippen LogP contribution in [0.1, 0.15) is 20.8 Å². The molecule has 0 spiro atoms. The van der Waals surface area contributed by atoms with E-state index in [1.807, 2.05) is 36.4 Å². The van der Waals surface area contributed by atoms with Crippen LogP contribution in [-0.4, -0.2) is 21.6 Å². The molecule has 9 heteroatoms. The van der Waals surface area contributed by atoms with E-state index >= 15 is 0 Å². The second-order valence-electron chi connectivity index (χ2n) is 7.29. The van der Waals surface area contributed by atoms with Gasteiger partial charge in [0.05, 0.1) is 16.8 Å². The highest BCUT2D eigenvalue weighted by Crippen LogP contribution is 2.23. The zero-order valence-corrected chi connectivity index (χ0v) is 19.4. The highest BCUT2D eigenvalue weighted by molar-refractivity contribution is 7.20. The predicted molar refractivity (Wildman–Crippen MR) is 129 cm³/mol. The number of carbonyl (C=O) groups excluding carboxylic acids is 1. The van der Waals surface area contributed by atoms with Gasteiger partial charge in [-0.15, -0.1) is 11.3 Å². The minimum absolute atomic E-state index is 0.168. The number of aromatic nitrogens is 2. The number of hydrogen-bond donors (Lipinski definition) is 1. The summed E-state index contributed by atoms with van der Waals surface area (Å²) in [5, 5.41) is 4.28. The van der Waals surface area contributed by atoms with E-state index in [2.05, 4.69) is 5.32 Å². The summed E-state index contributed by atoms with van der Waals surface area (Å²) in [6.07, 6.45) is 0.537. The molecule has 0 aliphatic heterocycles. The first-order chi connectivity index (χ1) is 15.3. The topological polar surface area (TPSA) is 73.1 Å². The minimum atomic E-state index is -0.419. The molecule has 0 saturated heterocycles. The third kappa shape index (κ3) is 4.50. The quantitative estimate of drug-likeness (QED) is 0.445. The number of amides is 1. The van der Waals surface area contributed by atoms with Gasteiger partial charge in [0.25, 0.3) is 11.5 Å². The minimum Gasteiger partial charge on any atom is -0.351 e. The number of halogens is 2. The highest BCUT2D eigenvalue weighted by atomic mass is 35.5. The number of carbonyl (C=O) groups is 1. The van der Waals surface area contributed by atoms with Crippen molar-refractivity contribution >= 4 is 50.7 Å². The Bertz CT molecular complexity index is 1420. The Morgan fingerprint density at radius 1 is 1.06 bits per heavy atom. The average molecular weight is 488 g/mol. The summed E-state index contributed by atoms with van der Waals surface area (Å²) in [4.78, 5) is 39.3. The number of thiophene rings is 1. The highest BCUT2D eigenvalue weighted by Gasteiger charge is 2.18. The maximum absolute atomic E-state index is 13.0. The van der Waals surface area contributed by atoms with Crippen molar-refractivity contribution in [3.8, 4) is 0 Å². The average Bonchev–Trinajstić information content (AvgIpc) is 3.23. The number of benzene rings is 2. The van der Waals surface area contributed by atoms with Crippen molar-refractivity contribution in [2.75, 3.05) is 6.54 Å². The molecule has 4 aromatic rings. The Morgan fingerprint density at radius 2 is 1.81 bits per heavy atom. The Kier molecular flexibility index (Phi) is 6.50. The number of nitrogens with zero attached hydrogens (tertiary/aromatic N) is 2. The number of nitrogens with one attached hydrogen (secondary N) is 1. The van der Waals surface area contributed by atoms with Crippen LogP contribution in [0.15, 0.2) is 64.2 Å². The van der Waals surface area contributed by atoms with E-state index in [1.165, 1.54) is 9.13 Å². The third-order valence-electron chi connectivity index (χ3n) is 5.11. The van der Waals surface area contributed by atoms with Crippen molar-refractivity contribution in [2.24, 2.45) is 7.05 Å². The van der Waals surface area contributed by atoms with Gasteiger partial charge in [0.15, 0.2) is 0 Å².